The average Bonchev–Trinajstić information content (AvgIpc) is 3.20. The summed E-state index contributed by atoms with van der Waals surface area (Å²) in [7, 11) is 0. The van der Waals surface area contributed by atoms with Gasteiger partial charge in [0.05, 0.1) is 34.9 Å². The van der Waals surface area contributed by atoms with E-state index in [2.05, 4.69) is 25.9 Å². The molecule has 2 unspecified atom stereocenters. The highest BCUT2D eigenvalue weighted by Gasteiger charge is 2.65. The SMILES string of the molecule is CC(C)(C)C1CC12Cn1nc(-c3ccc(F)c(Cl)c3)c(C(N)=O)c1CN2C(N)=O. The van der Waals surface area contributed by atoms with Crippen LogP contribution in [0.2, 0.25) is 5.02 Å². The van der Waals surface area contributed by atoms with Crippen LogP contribution >= 0.6 is 11.6 Å². The van der Waals surface area contributed by atoms with E-state index in [0.717, 1.165) is 6.42 Å². The van der Waals surface area contributed by atoms with Crippen LogP contribution in [0.1, 0.15) is 43.2 Å². The number of nitrogens with two attached hydrogens (primary N) is 2. The van der Waals surface area contributed by atoms with E-state index >= 15 is 0 Å². The third-order valence-electron chi connectivity index (χ3n) is 6.12. The van der Waals surface area contributed by atoms with Crippen molar-refractivity contribution in [3.05, 3.63) is 40.3 Å². The van der Waals surface area contributed by atoms with Crippen molar-refractivity contribution in [1.82, 2.24) is 14.7 Å². The van der Waals surface area contributed by atoms with Crippen molar-refractivity contribution in [2.45, 2.75) is 45.8 Å². The Morgan fingerprint density at radius 2 is 2.00 bits per heavy atom. The number of urea groups is 1. The molecule has 2 atom stereocenters. The van der Waals surface area contributed by atoms with E-state index in [-0.39, 0.29) is 28.5 Å². The lowest BCUT2D eigenvalue weighted by molar-refractivity contribution is 0.0974. The van der Waals surface area contributed by atoms with Gasteiger partial charge in [-0.1, -0.05) is 32.4 Å². The first-order valence-corrected chi connectivity index (χ1v) is 9.75. The molecule has 1 aromatic heterocycles. The zero-order chi connectivity index (χ0) is 21.3. The van der Waals surface area contributed by atoms with E-state index < -0.39 is 23.3 Å². The van der Waals surface area contributed by atoms with Crippen molar-refractivity contribution in [1.29, 1.82) is 0 Å². The van der Waals surface area contributed by atoms with Crippen LogP contribution in [-0.4, -0.2) is 32.2 Å². The van der Waals surface area contributed by atoms with E-state index in [1.807, 2.05) is 0 Å². The Balaban J connectivity index is 1.85. The third kappa shape index (κ3) is 2.97. The maximum atomic E-state index is 13.6. The number of aromatic nitrogens is 2. The molecule has 2 aliphatic rings. The molecule has 1 aromatic carbocycles. The lowest BCUT2D eigenvalue weighted by Crippen LogP contribution is -2.53. The summed E-state index contributed by atoms with van der Waals surface area (Å²) in [6.07, 6.45) is 0.808. The third-order valence-corrected chi connectivity index (χ3v) is 6.41. The Hall–Kier alpha value is -2.61. The monoisotopic (exact) mass is 419 g/mol. The molecule has 0 radical (unpaired) electrons. The Bertz CT molecular complexity index is 1040. The number of nitrogens with zero attached hydrogens (tertiary/aromatic N) is 3. The molecule has 4 rings (SSSR count). The molecular weight excluding hydrogens is 397 g/mol. The molecule has 7 nitrogen and oxygen atoms in total. The summed E-state index contributed by atoms with van der Waals surface area (Å²) < 4.78 is 15.3. The van der Waals surface area contributed by atoms with Crippen LogP contribution in [-0.2, 0) is 13.1 Å². The highest BCUT2D eigenvalue weighted by Crippen LogP contribution is 2.60. The highest BCUT2D eigenvalue weighted by molar-refractivity contribution is 6.31. The van der Waals surface area contributed by atoms with Crippen LogP contribution in [0.25, 0.3) is 11.3 Å². The van der Waals surface area contributed by atoms with Crippen molar-refractivity contribution in [2.75, 3.05) is 0 Å². The molecule has 1 saturated carbocycles. The Kier molecular flexibility index (Phi) is 4.21. The topological polar surface area (TPSA) is 107 Å². The van der Waals surface area contributed by atoms with Crippen LogP contribution in [0.5, 0.6) is 0 Å². The van der Waals surface area contributed by atoms with Gasteiger partial charge in [-0.05, 0) is 36.0 Å². The van der Waals surface area contributed by atoms with E-state index in [1.165, 1.54) is 18.2 Å². The number of carbonyl (C=O) groups excluding carboxylic acids is 2. The molecule has 0 saturated heterocycles. The van der Waals surface area contributed by atoms with Gasteiger partial charge >= 0.3 is 6.03 Å². The second-order valence-electron chi connectivity index (χ2n) is 8.97. The molecule has 1 aliphatic carbocycles. The molecule has 1 aliphatic heterocycles. The summed E-state index contributed by atoms with van der Waals surface area (Å²) in [6.45, 7) is 6.95. The fraction of sp³-hybridized carbons (Fsp3) is 0.450. The van der Waals surface area contributed by atoms with Gasteiger partial charge < -0.3 is 16.4 Å². The van der Waals surface area contributed by atoms with Gasteiger partial charge in [0.1, 0.15) is 11.5 Å². The van der Waals surface area contributed by atoms with Crippen LogP contribution in [0.4, 0.5) is 9.18 Å². The molecule has 9 heteroatoms. The first-order chi connectivity index (χ1) is 13.5. The van der Waals surface area contributed by atoms with Gasteiger partial charge in [-0.3, -0.25) is 9.48 Å². The largest absolute Gasteiger partial charge is 0.365 e. The summed E-state index contributed by atoms with van der Waals surface area (Å²) >= 11 is 5.92. The van der Waals surface area contributed by atoms with Crippen molar-refractivity contribution in [2.24, 2.45) is 22.8 Å². The van der Waals surface area contributed by atoms with Crippen molar-refractivity contribution >= 4 is 23.5 Å². The maximum absolute atomic E-state index is 13.6. The second kappa shape index (κ2) is 6.19. The summed E-state index contributed by atoms with van der Waals surface area (Å²) in [5.74, 6) is -0.990. The molecule has 0 bridgehead atoms. The molecule has 154 valence electrons. The van der Waals surface area contributed by atoms with Gasteiger partial charge in [-0.25, -0.2) is 9.18 Å². The van der Waals surface area contributed by atoms with Crippen LogP contribution < -0.4 is 11.5 Å². The summed E-state index contributed by atoms with van der Waals surface area (Å²) in [5.41, 5.74) is 12.4. The van der Waals surface area contributed by atoms with Gasteiger partial charge in [0, 0.05) is 5.56 Å². The lowest BCUT2D eigenvalue weighted by Gasteiger charge is -2.38. The first-order valence-electron chi connectivity index (χ1n) is 9.37. The molecule has 2 heterocycles. The van der Waals surface area contributed by atoms with Gasteiger partial charge in [-0.2, -0.15) is 5.10 Å². The molecule has 3 amide bonds. The van der Waals surface area contributed by atoms with Gasteiger partial charge in [0.15, 0.2) is 0 Å². The smallest absolute Gasteiger partial charge is 0.315 e. The minimum atomic E-state index is -0.676. The zero-order valence-electron chi connectivity index (χ0n) is 16.5. The van der Waals surface area contributed by atoms with Crippen molar-refractivity contribution < 1.29 is 14.0 Å². The predicted octanol–water partition coefficient (Wildman–Crippen LogP) is 3.14. The number of benzene rings is 1. The molecule has 4 N–H and O–H groups in total. The van der Waals surface area contributed by atoms with E-state index in [9.17, 15) is 14.0 Å². The zero-order valence-corrected chi connectivity index (χ0v) is 17.3. The lowest BCUT2D eigenvalue weighted by atomic mass is 9.86. The van der Waals surface area contributed by atoms with Gasteiger partial charge in [-0.15, -0.1) is 0 Å². The van der Waals surface area contributed by atoms with Crippen LogP contribution in [0.15, 0.2) is 18.2 Å². The Morgan fingerprint density at radius 1 is 1.31 bits per heavy atom. The standard InChI is InChI=1S/C20H23ClFN5O2/c1-19(2,3)14-7-20(14)9-27-13(8-26(20)18(24)29)15(17(23)28)16(25-27)10-4-5-12(22)11(21)6-10/h4-6,14H,7-9H2,1-3H3,(H2,23,28)(H2,24,29). The minimum absolute atomic E-state index is 0.0157. The summed E-state index contributed by atoms with van der Waals surface area (Å²) in [6, 6.07) is 3.59. The van der Waals surface area contributed by atoms with Gasteiger partial charge in [0.25, 0.3) is 5.91 Å². The van der Waals surface area contributed by atoms with Crippen LogP contribution in [0.3, 0.4) is 0 Å². The molecule has 29 heavy (non-hydrogen) atoms. The molecular formula is C20H23ClFN5O2. The number of fused-ring (bicyclic) bond motifs is 1. The number of hydrogen-bond acceptors (Lipinski definition) is 3. The number of carbonyl (C=O) groups is 2. The molecule has 1 spiro atoms. The van der Waals surface area contributed by atoms with Gasteiger partial charge in [0.2, 0.25) is 0 Å². The Labute approximate surface area is 172 Å². The van der Waals surface area contributed by atoms with Crippen molar-refractivity contribution in [3.63, 3.8) is 0 Å². The summed E-state index contributed by atoms with van der Waals surface area (Å²) in [4.78, 5) is 26.2. The quantitative estimate of drug-likeness (QED) is 0.780. The fourth-order valence-electron chi connectivity index (χ4n) is 4.72. The number of halogens is 2. The molecule has 2 aromatic rings. The molecule has 1 fully saturated rings. The normalized spacial score (nSPS) is 23.2. The average molecular weight is 420 g/mol. The van der Waals surface area contributed by atoms with Crippen molar-refractivity contribution in [3.8, 4) is 11.3 Å². The van der Waals surface area contributed by atoms with E-state index in [4.69, 9.17) is 23.1 Å². The number of hydrogen-bond donors (Lipinski definition) is 2. The van der Waals surface area contributed by atoms with Crippen LogP contribution in [0, 0.1) is 17.2 Å². The first kappa shape index (κ1) is 19.7. The number of rotatable bonds is 2. The number of amides is 3. The Morgan fingerprint density at radius 3 is 2.52 bits per heavy atom. The maximum Gasteiger partial charge on any atom is 0.315 e. The highest BCUT2D eigenvalue weighted by atomic mass is 35.5. The second-order valence-corrected chi connectivity index (χ2v) is 9.38. The van der Waals surface area contributed by atoms with E-state index in [1.54, 1.807) is 9.58 Å². The predicted molar refractivity (Wildman–Crippen MR) is 107 cm³/mol. The fourth-order valence-corrected chi connectivity index (χ4v) is 4.90. The minimum Gasteiger partial charge on any atom is -0.365 e. The summed E-state index contributed by atoms with van der Waals surface area (Å²) in [5, 5.41) is 4.54. The van der Waals surface area contributed by atoms with E-state index in [0.29, 0.717) is 23.5 Å². The number of primary amides is 2.